The molecule has 6 heteroatoms. The highest BCUT2D eigenvalue weighted by molar-refractivity contribution is 5.82. The Bertz CT molecular complexity index is 243. The maximum absolute atomic E-state index is 10.8. The third kappa shape index (κ3) is 7.19. The predicted octanol–water partition coefficient (Wildman–Crippen LogP) is -0.885. The van der Waals surface area contributed by atoms with Crippen molar-refractivity contribution in [2.75, 3.05) is 27.2 Å². The Morgan fingerprint density at radius 3 is 2.31 bits per heavy atom. The van der Waals surface area contributed by atoms with Gasteiger partial charge in [0.1, 0.15) is 6.04 Å². The van der Waals surface area contributed by atoms with E-state index in [1.165, 1.54) is 6.92 Å². The van der Waals surface area contributed by atoms with E-state index in [-0.39, 0.29) is 18.5 Å². The molecule has 0 aromatic rings. The van der Waals surface area contributed by atoms with Crippen molar-refractivity contribution in [3.05, 3.63) is 0 Å². The maximum atomic E-state index is 10.8. The molecule has 0 aliphatic carbocycles. The van der Waals surface area contributed by atoms with Crippen molar-refractivity contribution < 1.29 is 14.7 Å². The second kappa shape index (κ2) is 7.19. The quantitative estimate of drug-likeness (QED) is 0.530. The highest BCUT2D eigenvalue weighted by atomic mass is 16.4. The zero-order chi connectivity index (χ0) is 12.7. The lowest BCUT2D eigenvalue weighted by atomic mass is 10.2. The normalized spacial score (nSPS) is 14.6. The summed E-state index contributed by atoms with van der Waals surface area (Å²) >= 11 is 0. The van der Waals surface area contributed by atoms with Crippen molar-refractivity contribution in [2.24, 2.45) is 0 Å². The van der Waals surface area contributed by atoms with Crippen LogP contribution in [0.4, 0.5) is 0 Å². The van der Waals surface area contributed by atoms with E-state index in [2.05, 4.69) is 10.6 Å². The van der Waals surface area contributed by atoms with Crippen LogP contribution in [0, 0.1) is 0 Å². The second-order valence-corrected chi connectivity index (χ2v) is 4.16. The minimum atomic E-state index is -1.03. The zero-order valence-electron chi connectivity index (χ0n) is 10.3. The summed E-state index contributed by atoms with van der Waals surface area (Å²) in [4.78, 5) is 23.6. The first-order chi connectivity index (χ1) is 7.32. The molecule has 0 saturated heterocycles. The van der Waals surface area contributed by atoms with Gasteiger partial charge in [0.15, 0.2) is 0 Å². The summed E-state index contributed by atoms with van der Waals surface area (Å²) in [6.45, 7) is 4.31. The number of carbonyl (C=O) groups excluding carboxylic acids is 1. The molecule has 3 N–H and O–H groups in total. The molecule has 0 aromatic carbocycles. The largest absolute Gasteiger partial charge is 0.480 e. The Morgan fingerprint density at radius 2 is 1.94 bits per heavy atom. The minimum Gasteiger partial charge on any atom is -0.480 e. The minimum absolute atomic E-state index is 0.172. The Kier molecular flexibility index (Phi) is 6.67. The van der Waals surface area contributed by atoms with Gasteiger partial charge in [0.05, 0.1) is 0 Å². The molecule has 0 fully saturated rings. The van der Waals surface area contributed by atoms with Crippen molar-refractivity contribution in [1.82, 2.24) is 15.5 Å². The summed E-state index contributed by atoms with van der Waals surface area (Å²) in [5.41, 5.74) is 0. The Morgan fingerprint density at radius 1 is 1.38 bits per heavy atom. The van der Waals surface area contributed by atoms with E-state index >= 15 is 0 Å². The molecule has 2 atom stereocenters. The third-order valence-electron chi connectivity index (χ3n) is 1.99. The molecule has 0 aliphatic heterocycles. The fourth-order valence-electron chi connectivity index (χ4n) is 1.38. The number of carboxylic acid groups (broad SMARTS) is 1. The van der Waals surface area contributed by atoms with Crippen LogP contribution in [-0.4, -0.2) is 61.2 Å². The summed E-state index contributed by atoms with van der Waals surface area (Å²) in [5, 5.41) is 14.3. The van der Waals surface area contributed by atoms with Gasteiger partial charge in [0.25, 0.3) is 0 Å². The first kappa shape index (κ1) is 14.9. The molecular formula is C10H21N3O3. The Labute approximate surface area is 96.0 Å². The topological polar surface area (TPSA) is 81.7 Å². The number of hydrogen-bond acceptors (Lipinski definition) is 4. The van der Waals surface area contributed by atoms with E-state index in [1.54, 1.807) is 0 Å². The number of amides is 1. The van der Waals surface area contributed by atoms with Gasteiger partial charge in [-0.25, -0.2) is 4.79 Å². The molecule has 0 rings (SSSR count). The van der Waals surface area contributed by atoms with Crippen LogP contribution < -0.4 is 10.6 Å². The predicted molar refractivity (Wildman–Crippen MR) is 61.3 cm³/mol. The zero-order valence-corrected chi connectivity index (χ0v) is 10.3. The van der Waals surface area contributed by atoms with Crippen molar-refractivity contribution in [1.29, 1.82) is 0 Å². The fourth-order valence-corrected chi connectivity index (χ4v) is 1.38. The van der Waals surface area contributed by atoms with Crippen molar-refractivity contribution >= 4 is 11.9 Å². The van der Waals surface area contributed by atoms with Gasteiger partial charge in [-0.1, -0.05) is 0 Å². The van der Waals surface area contributed by atoms with E-state index < -0.39 is 12.0 Å². The Hall–Kier alpha value is -1.14. The van der Waals surface area contributed by atoms with Crippen LogP contribution in [0.1, 0.15) is 13.8 Å². The highest BCUT2D eigenvalue weighted by Crippen LogP contribution is 1.88. The van der Waals surface area contributed by atoms with Gasteiger partial charge in [-0.3, -0.25) is 4.79 Å². The van der Waals surface area contributed by atoms with Crippen LogP contribution in [0.2, 0.25) is 0 Å². The van der Waals surface area contributed by atoms with Gasteiger partial charge in [0.2, 0.25) is 5.91 Å². The number of hydrogen-bond donors (Lipinski definition) is 3. The van der Waals surface area contributed by atoms with E-state index in [0.717, 1.165) is 6.54 Å². The van der Waals surface area contributed by atoms with E-state index in [4.69, 9.17) is 5.11 Å². The van der Waals surface area contributed by atoms with E-state index in [1.807, 2.05) is 25.9 Å². The van der Waals surface area contributed by atoms with Crippen molar-refractivity contribution in [2.45, 2.75) is 25.9 Å². The van der Waals surface area contributed by atoms with Gasteiger partial charge in [-0.2, -0.15) is 0 Å². The second-order valence-electron chi connectivity index (χ2n) is 4.16. The van der Waals surface area contributed by atoms with E-state index in [9.17, 15) is 9.59 Å². The molecule has 0 heterocycles. The number of carboxylic acids is 1. The highest BCUT2D eigenvalue weighted by Gasteiger charge is 2.18. The molecule has 1 amide bonds. The van der Waals surface area contributed by atoms with Crippen molar-refractivity contribution in [3.8, 4) is 0 Å². The van der Waals surface area contributed by atoms with Gasteiger partial charge in [-0.15, -0.1) is 0 Å². The molecule has 0 aromatic heterocycles. The van der Waals surface area contributed by atoms with Crippen molar-refractivity contribution in [3.63, 3.8) is 0 Å². The van der Waals surface area contributed by atoms with Crippen LogP contribution in [-0.2, 0) is 9.59 Å². The molecule has 6 nitrogen and oxygen atoms in total. The van der Waals surface area contributed by atoms with Crippen LogP contribution in [0.15, 0.2) is 0 Å². The number of rotatable bonds is 7. The van der Waals surface area contributed by atoms with Gasteiger partial charge in [0, 0.05) is 26.1 Å². The van der Waals surface area contributed by atoms with Crippen LogP contribution in [0.3, 0.4) is 0 Å². The molecule has 0 aliphatic rings. The molecular weight excluding hydrogens is 210 g/mol. The molecule has 0 spiro atoms. The smallest absolute Gasteiger partial charge is 0.327 e. The van der Waals surface area contributed by atoms with Crippen LogP contribution in [0.5, 0.6) is 0 Å². The lowest BCUT2D eigenvalue weighted by Crippen LogP contribution is -2.49. The SMILES string of the molecule is CC(=O)NC(CNC(C)CN(C)C)C(=O)O. The average Bonchev–Trinajstić information content (AvgIpc) is 2.09. The molecule has 0 bridgehead atoms. The summed E-state index contributed by atoms with van der Waals surface area (Å²) < 4.78 is 0. The lowest BCUT2D eigenvalue weighted by molar-refractivity contribution is -0.141. The van der Waals surface area contributed by atoms with Crippen LogP contribution >= 0.6 is 0 Å². The van der Waals surface area contributed by atoms with Crippen LogP contribution in [0.25, 0.3) is 0 Å². The average molecular weight is 231 g/mol. The number of nitrogens with one attached hydrogen (secondary N) is 2. The fraction of sp³-hybridized carbons (Fsp3) is 0.800. The standard InChI is InChI=1S/C10H21N3O3/c1-7(6-13(3)4)11-5-9(10(15)16)12-8(2)14/h7,9,11H,5-6H2,1-4H3,(H,12,14)(H,15,16). The summed E-state index contributed by atoms with van der Waals surface area (Å²) in [6.07, 6.45) is 0. The summed E-state index contributed by atoms with van der Waals surface area (Å²) in [7, 11) is 3.89. The van der Waals surface area contributed by atoms with Gasteiger partial charge in [-0.05, 0) is 21.0 Å². The van der Waals surface area contributed by atoms with Gasteiger partial charge >= 0.3 is 5.97 Å². The Balaban J connectivity index is 4.01. The first-order valence-electron chi connectivity index (χ1n) is 5.21. The summed E-state index contributed by atoms with van der Waals surface area (Å²) in [5.74, 6) is -1.37. The van der Waals surface area contributed by atoms with Gasteiger partial charge < -0.3 is 20.6 Å². The molecule has 0 saturated carbocycles. The number of aliphatic carboxylic acids is 1. The first-order valence-corrected chi connectivity index (χ1v) is 5.21. The summed E-state index contributed by atoms with van der Waals surface area (Å²) in [6, 6.07) is -0.701. The number of nitrogens with zero attached hydrogens (tertiary/aromatic N) is 1. The lowest BCUT2D eigenvalue weighted by Gasteiger charge is -2.21. The third-order valence-corrected chi connectivity index (χ3v) is 1.99. The monoisotopic (exact) mass is 231 g/mol. The number of likely N-dealkylation sites (N-methyl/N-ethyl adjacent to an activating group) is 1. The molecule has 16 heavy (non-hydrogen) atoms. The number of carbonyl (C=O) groups is 2. The molecule has 2 unspecified atom stereocenters. The molecule has 0 radical (unpaired) electrons. The van der Waals surface area contributed by atoms with E-state index in [0.29, 0.717) is 0 Å². The maximum Gasteiger partial charge on any atom is 0.327 e. The molecule has 94 valence electrons.